The monoisotopic (exact) mass is 1770 g/mol. The van der Waals surface area contributed by atoms with E-state index in [1.54, 1.807) is 0 Å². The van der Waals surface area contributed by atoms with E-state index < -0.39 is 175 Å². The first-order chi connectivity index (χ1) is 59.7. The van der Waals surface area contributed by atoms with E-state index in [0.717, 1.165) is 97.2 Å². The summed E-state index contributed by atoms with van der Waals surface area (Å²) in [5.41, 5.74) is -6.52. The summed E-state index contributed by atoms with van der Waals surface area (Å²) in [5, 5.41) is 0. The fourth-order valence-corrected chi connectivity index (χ4v) is 8.34. The summed E-state index contributed by atoms with van der Waals surface area (Å²) in [6.07, 6.45) is 15.1. The molecule has 0 rings (SSSR count). The van der Waals surface area contributed by atoms with Gasteiger partial charge in [-0.15, -0.1) is 0 Å². The van der Waals surface area contributed by atoms with Gasteiger partial charge in [0.25, 0.3) is 0 Å². The van der Waals surface area contributed by atoms with Gasteiger partial charge in [0, 0.05) is 97.2 Å². The summed E-state index contributed by atoms with van der Waals surface area (Å²) in [5.74, 6) is -11.9. The molecule has 0 fully saturated rings. The minimum atomic E-state index is -1.49. The van der Waals surface area contributed by atoms with E-state index in [9.17, 15) is 76.7 Å². The van der Waals surface area contributed by atoms with Gasteiger partial charge in [-0.1, -0.05) is 105 Å². The Bertz CT molecular complexity index is 3070. The van der Waals surface area contributed by atoms with Crippen LogP contribution in [-0.2, 0) is 190 Å². The van der Waals surface area contributed by atoms with Gasteiger partial charge in [-0.2, -0.15) is 0 Å². The molecular weight excluding hydrogens is 1660 g/mol. The lowest BCUT2D eigenvalue weighted by Crippen LogP contribution is -2.47. The number of rotatable bonds is 74. The molecule has 0 unspecified atom stereocenters. The predicted molar refractivity (Wildman–Crippen MR) is 437 cm³/mol. The lowest BCUT2D eigenvalue weighted by molar-refractivity contribution is -0.171. The summed E-state index contributed by atoms with van der Waals surface area (Å²) < 4.78 is 128. The average molecular weight is 1770 g/mol. The highest BCUT2D eigenvalue weighted by Crippen LogP contribution is 2.29. The Morgan fingerprint density at radius 2 is 0.216 bits per heavy atom. The third-order valence-electron chi connectivity index (χ3n) is 14.8. The van der Waals surface area contributed by atoms with Gasteiger partial charge in [-0.25, -0.2) is 76.7 Å². The third kappa shape index (κ3) is 59.4. The van der Waals surface area contributed by atoms with E-state index in [2.05, 4.69) is 105 Å². The van der Waals surface area contributed by atoms with Gasteiger partial charge >= 0.3 is 95.5 Å². The van der Waals surface area contributed by atoms with Crippen LogP contribution in [0.1, 0.15) is 0 Å². The van der Waals surface area contributed by atoms with Crippen molar-refractivity contribution in [1.29, 1.82) is 0 Å². The smallest absolute Gasteiger partial charge is 0.330 e. The maximum absolute atomic E-state index is 11.8. The first-order valence-electron chi connectivity index (χ1n) is 37.0. The summed E-state index contributed by atoms with van der Waals surface area (Å²) in [6, 6.07) is 0. The number of carbonyl (C=O) groups excluding carboxylic acids is 16. The molecule has 0 N–H and O–H groups in total. The molecule has 0 amide bonds. The van der Waals surface area contributed by atoms with E-state index in [-0.39, 0.29) is 159 Å². The van der Waals surface area contributed by atoms with Crippen molar-refractivity contribution in [3.63, 3.8) is 0 Å². The van der Waals surface area contributed by atoms with E-state index in [1.807, 2.05) is 0 Å². The molecule has 0 aromatic rings. The maximum Gasteiger partial charge on any atom is 0.330 e. The van der Waals surface area contributed by atoms with Crippen LogP contribution in [0.5, 0.6) is 0 Å². The van der Waals surface area contributed by atoms with Crippen LogP contribution in [0.15, 0.2) is 202 Å². The van der Waals surface area contributed by atoms with Crippen molar-refractivity contribution >= 4 is 95.5 Å². The normalized spacial score (nSPS) is 10.6. The second-order valence-corrected chi connectivity index (χ2v) is 25.1. The first-order valence-corrected chi connectivity index (χ1v) is 37.0. The molecule has 125 heavy (non-hydrogen) atoms. The van der Waals surface area contributed by atoms with Gasteiger partial charge in [0.2, 0.25) is 0 Å². The molecule has 0 saturated heterocycles. The summed E-state index contributed by atoms with van der Waals surface area (Å²) in [7, 11) is 0. The molecule has 40 heteroatoms. The van der Waals surface area contributed by atoms with Crippen molar-refractivity contribution < 1.29 is 190 Å². The van der Waals surface area contributed by atoms with Crippen LogP contribution < -0.4 is 0 Å². The largest absolute Gasteiger partial charge is 0.462 e. The molecule has 0 aliphatic heterocycles. The number of esters is 16. The second-order valence-electron chi connectivity index (χ2n) is 25.1. The van der Waals surface area contributed by atoms with Gasteiger partial charge < -0.3 is 114 Å². The second kappa shape index (κ2) is 71.6. The Morgan fingerprint density at radius 3 is 0.328 bits per heavy atom. The van der Waals surface area contributed by atoms with Crippen LogP contribution in [0, 0.1) is 27.1 Å². The number of carbonyl (C=O) groups is 16. The van der Waals surface area contributed by atoms with E-state index in [1.165, 1.54) is 0 Å². The minimum absolute atomic E-state index is 0.0298. The van der Waals surface area contributed by atoms with Crippen LogP contribution >= 0.6 is 0 Å². The minimum Gasteiger partial charge on any atom is -0.462 e. The highest BCUT2D eigenvalue weighted by atomic mass is 16.6. The van der Waals surface area contributed by atoms with Crippen molar-refractivity contribution in [3.8, 4) is 0 Å². The molecule has 0 aromatic heterocycles. The summed E-state index contributed by atoms with van der Waals surface area (Å²) in [6.45, 7) is 46.3. The molecule has 692 valence electrons. The first kappa shape index (κ1) is 116. The Balaban J connectivity index is -0.00000195. The van der Waals surface area contributed by atoms with Crippen LogP contribution in [0.4, 0.5) is 0 Å². The van der Waals surface area contributed by atoms with Gasteiger partial charge in [0.15, 0.2) is 0 Å². The van der Waals surface area contributed by atoms with E-state index in [4.69, 9.17) is 114 Å². The van der Waals surface area contributed by atoms with E-state index in [0.29, 0.717) is 0 Å². The maximum atomic E-state index is 11.8. The van der Waals surface area contributed by atoms with Gasteiger partial charge in [-0.3, -0.25) is 0 Å². The Hall–Kier alpha value is -13.0. The van der Waals surface area contributed by atoms with Crippen molar-refractivity contribution in [2.75, 3.05) is 211 Å². The molecule has 0 saturated carbocycles. The van der Waals surface area contributed by atoms with E-state index >= 15 is 0 Å². The quantitative estimate of drug-likeness (QED) is 0.0362. The lowest BCUT2D eigenvalue weighted by atomic mass is 9.90. The zero-order chi connectivity index (χ0) is 94.6. The fraction of sp³-hybridized carbons (Fsp3) is 0.435. The number of ether oxygens (including phenoxy) is 24. The Kier molecular flexibility index (Phi) is 66.5. The standard InChI is InChI=1S/C40H58O19.C28H34O13.C17H20O8/c1-7-33(41)54-19-13-47-25-39(26-48-14-20-55-34(42)8-2,27-49-15-21-56-35(43)9-3)31-53-32-40(28-50-16-22-57-36(44)10-4,29-51-17-23-58-37(45)11-5)30-52-18-24-59-38(46)12-6;1-7-21(29)36-15-27(16-37-22(30)8-2,17-38-23(31)9-3)13-35-14-28(18-39-24(32)10-4,19-40-25(33)11-5)20-41-26(34)12-6;1-5-13(18)22-9-17(10-23-14(19)6-2,11-24-15(20)7-3)12-25-16(21)8-4/h7-12H,1-6,13-32H2;7-12H,1-6,13-20H2;5-8H,1-4,9-12H2. The molecular formula is C85H112O40. The SMILES string of the molecule is C=CC(=O)OCC(COC(=O)C=C)(COC(=O)C=C)COC(=O)C=C.C=CC(=O)OCC(COCC(COC(=O)C=C)(COC(=O)C=C)COC(=O)C=C)(COC(=O)C=C)COC(=O)C=C.C=CC(=O)OCCOCC(COCCOC(=O)C=C)(COCCOC(=O)C=C)COCC(COCCOC(=O)C=C)(COCCOC(=O)C=C)COCCOC(=O)C=C. The van der Waals surface area contributed by atoms with Gasteiger partial charge in [0.1, 0.15) is 111 Å². The molecule has 0 bridgehead atoms. The lowest BCUT2D eigenvalue weighted by Gasteiger charge is -2.36. The third-order valence-corrected chi connectivity index (χ3v) is 14.8. The number of hydrogen-bond acceptors (Lipinski definition) is 40. The molecule has 0 radical (unpaired) electrons. The predicted octanol–water partition coefficient (Wildman–Crippen LogP) is 3.69. The number of hydrogen-bond donors (Lipinski definition) is 0. The topological polar surface area (TPSA) is 495 Å². The molecule has 0 aromatic carbocycles. The molecule has 0 aliphatic rings. The Morgan fingerprint density at radius 1 is 0.128 bits per heavy atom. The average Bonchev–Trinajstić information content (AvgIpc) is 0.844. The van der Waals surface area contributed by atoms with Crippen molar-refractivity contribution in [2.24, 2.45) is 27.1 Å². The molecule has 40 nitrogen and oxygen atoms in total. The molecule has 0 aliphatic carbocycles. The summed E-state index contributed by atoms with van der Waals surface area (Å²) >= 11 is 0. The molecule has 0 atom stereocenters. The van der Waals surface area contributed by atoms with Gasteiger partial charge in [0.05, 0.1) is 127 Å². The highest BCUT2D eigenvalue weighted by molar-refractivity contribution is 5.86. The molecule has 0 spiro atoms. The van der Waals surface area contributed by atoms with Crippen LogP contribution in [0.2, 0.25) is 0 Å². The van der Waals surface area contributed by atoms with Crippen LogP contribution in [0.25, 0.3) is 0 Å². The zero-order valence-electron chi connectivity index (χ0n) is 70.0. The zero-order valence-corrected chi connectivity index (χ0v) is 70.0. The van der Waals surface area contributed by atoms with Crippen LogP contribution in [-0.4, -0.2) is 307 Å². The van der Waals surface area contributed by atoms with Crippen molar-refractivity contribution in [2.45, 2.75) is 0 Å². The van der Waals surface area contributed by atoms with Crippen molar-refractivity contribution in [3.05, 3.63) is 202 Å². The summed E-state index contributed by atoms with van der Waals surface area (Å²) in [4.78, 5) is 186. The van der Waals surface area contributed by atoms with Crippen LogP contribution in [0.3, 0.4) is 0 Å². The van der Waals surface area contributed by atoms with Gasteiger partial charge in [-0.05, 0) is 0 Å². The highest BCUT2D eigenvalue weighted by Gasteiger charge is 2.42. The Labute approximate surface area is 724 Å². The van der Waals surface area contributed by atoms with Crippen molar-refractivity contribution in [1.82, 2.24) is 0 Å². The molecule has 0 heterocycles. The fourth-order valence-electron chi connectivity index (χ4n) is 8.34.